The largest absolute Gasteiger partial charge is 0.454 e. The second-order valence-electron chi connectivity index (χ2n) is 5.06. The first kappa shape index (κ1) is 13.9. The summed E-state index contributed by atoms with van der Waals surface area (Å²) in [5.41, 5.74) is 3.81. The number of ether oxygens (including phenoxy) is 2. The lowest BCUT2D eigenvalue weighted by atomic mass is 10.2. The predicted octanol–water partition coefficient (Wildman–Crippen LogP) is 3.89. The van der Waals surface area contributed by atoms with Crippen molar-refractivity contribution >= 4 is 23.0 Å². The molecule has 1 aliphatic heterocycles. The Hall–Kier alpha value is -2.73. The van der Waals surface area contributed by atoms with Gasteiger partial charge in [-0.25, -0.2) is 4.98 Å². The Morgan fingerprint density at radius 3 is 3.00 bits per heavy atom. The summed E-state index contributed by atoms with van der Waals surface area (Å²) in [5.74, 6) is 1.55. The monoisotopic (exact) mass is 323 g/mol. The van der Waals surface area contributed by atoms with Crippen LogP contribution in [0.3, 0.4) is 0 Å². The summed E-state index contributed by atoms with van der Waals surface area (Å²) in [4.78, 5) is 13.0. The second kappa shape index (κ2) is 5.81. The number of hydrogen-bond donors (Lipinski definition) is 0. The van der Waals surface area contributed by atoms with E-state index in [2.05, 4.69) is 15.0 Å². The molecule has 0 saturated heterocycles. The summed E-state index contributed by atoms with van der Waals surface area (Å²) >= 11 is 1.60. The van der Waals surface area contributed by atoms with Crippen molar-refractivity contribution in [3.8, 4) is 22.1 Å². The Kier molecular flexibility index (Phi) is 3.51. The van der Waals surface area contributed by atoms with Crippen molar-refractivity contribution in [1.29, 1.82) is 0 Å². The average Bonchev–Trinajstić information content (AvgIpc) is 3.23. The molecule has 114 valence electrons. The zero-order chi connectivity index (χ0) is 15.6. The molecule has 0 saturated carbocycles. The van der Waals surface area contributed by atoms with E-state index in [9.17, 15) is 0 Å². The molecule has 1 aromatic carbocycles. The van der Waals surface area contributed by atoms with E-state index >= 15 is 0 Å². The maximum atomic E-state index is 5.42. The SMILES string of the molecule is C/C(=C\c1csc(-c2ccc3c(c2)OCO3)n1)c1cnccn1. The van der Waals surface area contributed by atoms with Crippen LogP contribution >= 0.6 is 11.3 Å². The third-order valence-corrected chi connectivity index (χ3v) is 4.38. The number of fused-ring (bicyclic) bond motifs is 1. The van der Waals surface area contributed by atoms with Crippen molar-refractivity contribution in [3.05, 3.63) is 53.6 Å². The third-order valence-electron chi connectivity index (χ3n) is 3.47. The van der Waals surface area contributed by atoms with Gasteiger partial charge < -0.3 is 9.47 Å². The Balaban J connectivity index is 1.62. The summed E-state index contributed by atoms with van der Waals surface area (Å²) in [6.07, 6.45) is 7.11. The van der Waals surface area contributed by atoms with Gasteiger partial charge in [-0.05, 0) is 36.8 Å². The van der Waals surface area contributed by atoms with Crippen molar-refractivity contribution in [1.82, 2.24) is 15.0 Å². The van der Waals surface area contributed by atoms with Crippen molar-refractivity contribution in [2.75, 3.05) is 6.79 Å². The highest BCUT2D eigenvalue weighted by atomic mass is 32.1. The highest BCUT2D eigenvalue weighted by Crippen LogP contribution is 2.36. The highest BCUT2D eigenvalue weighted by molar-refractivity contribution is 7.13. The summed E-state index contributed by atoms with van der Waals surface area (Å²) in [7, 11) is 0. The van der Waals surface area contributed by atoms with E-state index in [4.69, 9.17) is 9.47 Å². The number of allylic oxidation sites excluding steroid dienone is 1. The molecule has 0 fully saturated rings. The number of rotatable bonds is 3. The minimum Gasteiger partial charge on any atom is -0.454 e. The molecule has 0 radical (unpaired) electrons. The summed E-state index contributed by atoms with van der Waals surface area (Å²) in [6, 6.07) is 5.87. The fourth-order valence-corrected chi connectivity index (χ4v) is 3.09. The van der Waals surface area contributed by atoms with Crippen molar-refractivity contribution in [3.63, 3.8) is 0 Å². The topological polar surface area (TPSA) is 57.1 Å². The van der Waals surface area contributed by atoms with Crippen LogP contribution in [0, 0.1) is 0 Å². The summed E-state index contributed by atoms with van der Waals surface area (Å²) in [5, 5.41) is 2.97. The zero-order valence-corrected chi connectivity index (χ0v) is 13.2. The van der Waals surface area contributed by atoms with Gasteiger partial charge in [-0.1, -0.05) is 0 Å². The summed E-state index contributed by atoms with van der Waals surface area (Å²) in [6.45, 7) is 2.28. The van der Waals surface area contributed by atoms with Crippen LogP contribution < -0.4 is 9.47 Å². The van der Waals surface area contributed by atoms with E-state index in [1.165, 1.54) is 0 Å². The molecule has 3 aromatic rings. The van der Waals surface area contributed by atoms with Gasteiger partial charge in [0.15, 0.2) is 11.5 Å². The van der Waals surface area contributed by atoms with Crippen LogP contribution in [0.15, 0.2) is 42.2 Å². The first-order valence-corrected chi connectivity index (χ1v) is 7.98. The molecule has 0 unspecified atom stereocenters. The van der Waals surface area contributed by atoms with E-state index in [-0.39, 0.29) is 6.79 Å². The first-order chi connectivity index (χ1) is 11.3. The smallest absolute Gasteiger partial charge is 0.231 e. The lowest BCUT2D eigenvalue weighted by Gasteiger charge is -1.99. The van der Waals surface area contributed by atoms with E-state index in [1.807, 2.05) is 36.6 Å². The molecule has 6 heteroatoms. The minimum atomic E-state index is 0.280. The van der Waals surface area contributed by atoms with Crippen LogP contribution in [0.2, 0.25) is 0 Å². The maximum absolute atomic E-state index is 5.42. The van der Waals surface area contributed by atoms with E-state index in [0.717, 1.165) is 39.0 Å². The molecule has 2 aromatic heterocycles. The molecule has 3 heterocycles. The molecule has 1 aliphatic rings. The van der Waals surface area contributed by atoms with Crippen molar-refractivity contribution < 1.29 is 9.47 Å². The lowest BCUT2D eigenvalue weighted by Crippen LogP contribution is -1.92. The average molecular weight is 323 g/mol. The number of hydrogen-bond acceptors (Lipinski definition) is 6. The van der Waals surface area contributed by atoms with E-state index in [1.54, 1.807) is 29.9 Å². The summed E-state index contributed by atoms with van der Waals surface area (Å²) < 4.78 is 10.8. The molecule has 0 atom stereocenters. The number of aromatic nitrogens is 3. The van der Waals surface area contributed by atoms with Crippen molar-refractivity contribution in [2.45, 2.75) is 6.92 Å². The van der Waals surface area contributed by atoms with Gasteiger partial charge in [-0.3, -0.25) is 9.97 Å². The van der Waals surface area contributed by atoms with Crippen LogP contribution in [-0.2, 0) is 0 Å². The van der Waals surface area contributed by atoms with Gasteiger partial charge in [0.05, 0.1) is 17.6 Å². The standard InChI is InChI=1S/C17H13N3O2S/c1-11(14-8-18-4-5-19-14)6-13-9-23-17(20-13)12-2-3-15-16(7-12)22-10-21-15/h2-9H,10H2,1H3/b11-6+. The van der Waals surface area contributed by atoms with Gasteiger partial charge in [0, 0.05) is 23.3 Å². The number of thiazole rings is 1. The third kappa shape index (κ3) is 2.80. The van der Waals surface area contributed by atoms with E-state index < -0.39 is 0 Å². The molecule has 0 amide bonds. The Morgan fingerprint density at radius 1 is 1.22 bits per heavy atom. The van der Waals surface area contributed by atoms with Gasteiger partial charge in [0.1, 0.15) is 5.01 Å². The quantitative estimate of drug-likeness (QED) is 0.732. The minimum absolute atomic E-state index is 0.280. The van der Waals surface area contributed by atoms with E-state index in [0.29, 0.717) is 0 Å². The molecule has 0 aliphatic carbocycles. The Labute approximate surface area is 137 Å². The highest BCUT2D eigenvalue weighted by Gasteiger charge is 2.15. The number of benzene rings is 1. The van der Waals surface area contributed by atoms with Gasteiger partial charge in [-0.2, -0.15) is 0 Å². The van der Waals surface area contributed by atoms with Crippen molar-refractivity contribution in [2.24, 2.45) is 0 Å². The molecule has 0 bridgehead atoms. The molecule has 0 N–H and O–H groups in total. The van der Waals surface area contributed by atoms with Gasteiger partial charge in [0.25, 0.3) is 0 Å². The maximum Gasteiger partial charge on any atom is 0.231 e. The molecular formula is C17H13N3O2S. The van der Waals surface area contributed by atoms with Crippen LogP contribution in [-0.4, -0.2) is 21.7 Å². The van der Waals surface area contributed by atoms with Gasteiger partial charge in [-0.15, -0.1) is 11.3 Å². The fraction of sp³-hybridized carbons (Fsp3) is 0.118. The predicted molar refractivity (Wildman–Crippen MR) is 89.3 cm³/mol. The molecule has 0 spiro atoms. The Morgan fingerprint density at radius 2 is 2.13 bits per heavy atom. The van der Waals surface area contributed by atoms with Crippen LogP contribution in [0.1, 0.15) is 18.3 Å². The Bertz CT molecular complexity index is 875. The molecule has 5 nitrogen and oxygen atoms in total. The molecule has 4 rings (SSSR count). The van der Waals surface area contributed by atoms with Gasteiger partial charge >= 0.3 is 0 Å². The first-order valence-electron chi connectivity index (χ1n) is 7.10. The normalized spacial score (nSPS) is 13.3. The fourth-order valence-electron chi connectivity index (χ4n) is 2.31. The lowest BCUT2D eigenvalue weighted by molar-refractivity contribution is 0.174. The van der Waals surface area contributed by atoms with Crippen LogP contribution in [0.4, 0.5) is 0 Å². The molecule has 23 heavy (non-hydrogen) atoms. The van der Waals surface area contributed by atoms with Gasteiger partial charge in [0.2, 0.25) is 6.79 Å². The molecular weight excluding hydrogens is 310 g/mol. The zero-order valence-electron chi connectivity index (χ0n) is 12.4. The number of nitrogens with zero attached hydrogens (tertiary/aromatic N) is 3. The second-order valence-corrected chi connectivity index (χ2v) is 5.92. The van der Waals surface area contributed by atoms with Crippen LogP contribution in [0.5, 0.6) is 11.5 Å². The van der Waals surface area contributed by atoms with Crippen LogP contribution in [0.25, 0.3) is 22.2 Å².